The van der Waals surface area contributed by atoms with Crippen molar-refractivity contribution in [2.24, 2.45) is 5.41 Å². The Kier molecular flexibility index (Phi) is 5.44. The van der Waals surface area contributed by atoms with Crippen molar-refractivity contribution in [3.63, 3.8) is 0 Å². The Balaban J connectivity index is 3.58. The van der Waals surface area contributed by atoms with E-state index in [9.17, 15) is 4.79 Å². The maximum atomic E-state index is 11.2. The zero-order valence-electron chi connectivity index (χ0n) is 9.18. The molecule has 0 aromatic heterocycles. The molecule has 1 N–H and O–H groups in total. The Hall–Kier alpha value is -0.790. The molecule has 2 nitrogen and oxygen atoms in total. The fourth-order valence-electron chi connectivity index (χ4n) is 0.830. The van der Waals surface area contributed by atoms with Crippen LogP contribution in [0.4, 0.5) is 0 Å². The molecule has 0 aliphatic carbocycles. The van der Waals surface area contributed by atoms with Gasteiger partial charge in [-0.15, -0.1) is 0 Å². The Morgan fingerprint density at radius 2 is 2.00 bits per heavy atom. The molecule has 0 bridgehead atoms. The molecule has 0 fully saturated rings. The first-order valence-electron chi connectivity index (χ1n) is 4.90. The number of carbonyl (C=O) groups excluding carboxylic acids is 1. The van der Waals surface area contributed by atoms with E-state index in [0.29, 0.717) is 6.42 Å². The lowest BCUT2D eigenvalue weighted by Crippen LogP contribution is -2.19. The topological polar surface area (TPSA) is 29.1 Å². The second kappa shape index (κ2) is 5.79. The number of allylic oxidation sites excluding steroid dienone is 1. The average molecular weight is 183 g/mol. The van der Waals surface area contributed by atoms with Crippen molar-refractivity contribution in [3.8, 4) is 0 Å². The highest BCUT2D eigenvalue weighted by molar-refractivity contribution is 5.76. The van der Waals surface area contributed by atoms with Crippen molar-refractivity contribution in [2.75, 3.05) is 0 Å². The summed E-state index contributed by atoms with van der Waals surface area (Å²) in [5.41, 5.74) is 0.242. The fourth-order valence-corrected chi connectivity index (χ4v) is 0.830. The van der Waals surface area contributed by atoms with E-state index in [1.165, 1.54) is 0 Å². The number of nitrogens with one attached hydrogen (secondary N) is 1. The van der Waals surface area contributed by atoms with Gasteiger partial charge in [-0.3, -0.25) is 4.79 Å². The van der Waals surface area contributed by atoms with E-state index in [1.807, 2.05) is 13.0 Å². The van der Waals surface area contributed by atoms with Gasteiger partial charge in [0, 0.05) is 6.42 Å². The van der Waals surface area contributed by atoms with Gasteiger partial charge in [0.25, 0.3) is 0 Å². The second-order valence-corrected chi connectivity index (χ2v) is 4.44. The van der Waals surface area contributed by atoms with Crippen LogP contribution in [0.2, 0.25) is 0 Å². The van der Waals surface area contributed by atoms with Crippen molar-refractivity contribution >= 4 is 5.91 Å². The number of hydrogen-bond donors (Lipinski definition) is 1. The maximum Gasteiger partial charge on any atom is 0.223 e. The van der Waals surface area contributed by atoms with Crippen LogP contribution in [-0.2, 0) is 4.79 Å². The van der Waals surface area contributed by atoms with Gasteiger partial charge in [0.15, 0.2) is 0 Å². The highest BCUT2D eigenvalue weighted by atomic mass is 16.1. The maximum absolute atomic E-state index is 11.2. The van der Waals surface area contributed by atoms with Crippen molar-refractivity contribution in [1.29, 1.82) is 0 Å². The number of rotatable bonds is 4. The third-order valence-corrected chi connectivity index (χ3v) is 1.70. The third kappa shape index (κ3) is 9.12. The molecule has 1 amide bonds. The summed E-state index contributed by atoms with van der Waals surface area (Å²) in [7, 11) is 0. The van der Waals surface area contributed by atoms with Gasteiger partial charge < -0.3 is 5.32 Å². The Labute approximate surface area is 81.4 Å². The van der Waals surface area contributed by atoms with Gasteiger partial charge in [0.2, 0.25) is 5.91 Å². The van der Waals surface area contributed by atoms with E-state index in [1.54, 1.807) is 6.20 Å². The molecule has 0 aromatic carbocycles. The first-order chi connectivity index (χ1) is 5.95. The molecule has 0 atom stereocenters. The van der Waals surface area contributed by atoms with Crippen molar-refractivity contribution in [2.45, 2.75) is 47.0 Å². The molecular weight excluding hydrogens is 162 g/mol. The van der Waals surface area contributed by atoms with E-state index in [4.69, 9.17) is 0 Å². The summed E-state index contributed by atoms with van der Waals surface area (Å²) in [4.78, 5) is 11.2. The molecular formula is C11H21NO. The van der Waals surface area contributed by atoms with Gasteiger partial charge in [-0.2, -0.15) is 0 Å². The fraction of sp³-hybridized carbons (Fsp3) is 0.727. The smallest absolute Gasteiger partial charge is 0.223 e. The van der Waals surface area contributed by atoms with Gasteiger partial charge in [0.1, 0.15) is 0 Å². The largest absolute Gasteiger partial charge is 0.333 e. The van der Waals surface area contributed by atoms with Crippen molar-refractivity contribution in [3.05, 3.63) is 12.3 Å². The molecule has 0 saturated carbocycles. The Bertz CT molecular complexity index is 177. The summed E-state index contributed by atoms with van der Waals surface area (Å²) >= 11 is 0. The molecule has 0 unspecified atom stereocenters. The SMILES string of the molecule is CCC=CNC(=O)CCC(C)(C)C. The van der Waals surface area contributed by atoms with E-state index in [-0.39, 0.29) is 11.3 Å². The minimum Gasteiger partial charge on any atom is -0.333 e. The zero-order chi connectivity index (χ0) is 10.3. The monoisotopic (exact) mass is 183 g/mol. The van der Waals surface area contributed by atoms with E-state index in [0.717, 1.165) is 12.8 Å². The average Bonchev–Trinajstić information content (AvgIpc) is 2.00. The Morgan fingerprint density at radius 3 is 2.46 bits per heavy atom. The van der Waals surface area contributed by atoms with Crippen molar-refractivity contribution in [1.82, 2.24) is 5.32 Å². The molecule has 2 heteroatoms. The Morgan fingerprint density at radius 1 is 1.38 bits per heavy atom. The lowest BCUT2D eigenvalue weighted by Gasteiger charge is -2.16. The molecule has 0 radical (unpaired) electrons. The van der Waals surface area contributed by atoms with Crippen LogP contribution in [0.15, 0.2) is 12.3 Å². The molecule has 0 rings (SSSR count). The number of carbonyl (C=O) groups is 1. The van der Waals surface area contributed by atoms with Crippen LogP contribution in [0.1, 0.15) is 47.0 Å². The van der Waals surface area contributed by atoms with E-state index in [2.05, 4.69) is 26.1 Å². The lowest BCUT2D eigenvalue weighted by atomic mass is 9.90. The van der Waals surface area contributed by atoms with E-state index >= 15 is 0 Å². The summed E-state index contributed by atoms with van der Waals surface area (Å²) in [5.74, 6) is 0.111. The second-order valence-electron chi connectivity index (χ2n) is 4.44. The summed E-state index contributed by atoms with van der Waals surface area (Å²) in [5, 5.41) is 2.74. The van der Waals surface area contributed by atoms with Gasteiger partial charge in [-0.25, -0.2) is 0 Å². The lowest BCUT2D eigenvalue weighted by molar-refractivity contribution is -0.120. The minimum atomic E-state index is 0.111. The molecule has 76 valence electrons. The van der Waals surface area contributed by atoms with Gasteiger partial charge in [-0.05, 0) is 24.5 Å². The minimum absolute atomic E-state index is 0.111. The predicted molar refractivity (Wildman–Crippen MR) is 56.3 cm³/mol. The highest BCUT2D eigenvalue weighted by Gasteiger charge is 2.11. The van der Waals surface area contributed by atoms with Crippen molar-refractivity contribution < 1.29 is 4.79 Å². The van der Waals surface area contributed by atoms with Gasteiger partial charge in [0.05, 0.1) is 0 Å². The summed E-state index contributed by atoms with van der Waals surface area (Å²) in [6.45, 7) is 8.46. The summed E-state index contributed by atoms with van der Waals surface area (Å²) in [6, 6.07) is 0. The van der Waals surface area contributed by atoms with Crippen LogP contribution in [0.5, 0.6) is 0 Å². The molecule has 0 aromatic rings. The molecule has 0 spiro atoms. The highest BCUT2D eigenvalue weighted by Crippen LogP contribution is 2.19. The normalized spacial score (nSPS) is 12.0. The number of amides is 1. The van der Waals surface area contributed by atoms with Crippen LogP contribution in [0, 0.1) is 5.41 Å². The molecule has 0 heterocycles. The molecule has 0 aliphatic rings. The molecule has 0 aliphatic heterocycles. The molecule has 0 saturated heterocycles. The first kappa shape index (κ1) is 12.2. The van der Waals surface area contributed by atoms with Crippen LogP contribution < -0.4 is 5.32 Å². The van der Waals surface area contributed by atoms with Crippen LogP contribution in [0.3, 0.4) is 0 Å². The number of hydrogen-bond acceptors (Lipinski definition) is 1. The molecule has 13 heavy (non-hydrogen) atoms. The summed E-state index contributed by atoms with van der Waals surface area (Å²) < 4.78 is 0. The van der Waals surface area contributed by atoms with E-state index < -0.39 is 0 Å². The van der Waals surface area contributed by atoms with Crippen LogP contribution in [0.25, 0.3) is 0 Å². The first-order valence-corrected chi connectivity index (χ1v) is 4.90. The summed E-state index contributed by atoms with van der Waals surface area (Å²) in [6.07, 6.45) is 6.16. The third-order valence-electron chi connectivity index (χ3n) is 1.70. The zero-order valence-corrected chi connectivity index (χ0v) is 9.18. The van der Waals surface area contributed by atoms with Crippen LogP contribution in [-0.4, -0.2) is 5.91 Å². The van der Waals surface area contributed by atoms with Gasteiger partial charge >= 0.3 is 0 Å². The quantitative estimate of drug-likeness (QED) is 0.713. The van der Waals surface area contributed by atoms with Crippen LogP contribution >= 0.6 is 0 Å². The standard InChI is InChI=1S/C11H21NO/c1-5-6-9-12-10(13)7-8-11(2,3)4/h6,9H,5,7-8H2,1-4H3,(H,12,13). The van der Waals surface area contributed by atoms with Gasteiger partial charge in [-0.1, -0.05) is 33.8 Å². The predicted octanol–water partition coefficient (Wildman–Crippen LogP) is 2.85.